The van der Waals surface area contributed by atoms with Gasteiger partial charge in [-0.2, -0.15) is 5.10 Å². The number of carbonyl (C=O) groups is 1. The predicted molar refractivity (Wildman–Crippen MR) is 86.3 cm³/mol. The number of anilines is 1. The van der Waals surface area contributed by atoms with E-state index < -0.39 is 18.0 Å². The Morgan fingerprint density at radius 1 is 1.35 bits per heavy atom. The van der Waals surface area contributed by atoms with Crippen molar-refractivity contribution < 1.29 is 13.6 Å². The van der Waals surface area contributed by atoms with Crippen molar-refractivity contribution in [1.29, 1.82) is 0 Å². The van der Waals surface area contributed by atoms with Crippen LogP contribution in [-0.2, 0) is 12.5 Å². The van der Waals surface area contributed by atoms with Gasteiger partial charge in [-0.05, 0) is 17.0 Å². The summed E-state index contributed by atoms with van der Waals surface area (Å²) in [6.45, 7) is 5.99. The molecular formula is C16H18ClF2N3O. The fourth-order valence-corrected chi connectivity index (χ4v) is 2.70. The maximum Gasteiger partial charge on any atom is 0.282 e. The second-order valence-electron chi connectivity index (χ2n) is 6.27. The van der Waals surface area contributed by atoms with Gasteiger partial charge >= 0.3 is 0 Å². The summed E-state index contributed by atoms with van der Waals surface area (Å²) in [5, 5.41) is 6.61. The van der Waals surface area contributed by atoms with Crippen molar-refractivity contribution in [2.45, 2.75) is 32.6 Å². The smallest absolute Gasteiger partial charge is 0.282 e. The monoisotopic (exact) mass is 341 g/mol. The Balaban J connectivity index is 2.35. The summed E-state index contributed by atoms with van der Waals surface area (Å²) in [6.07, 6.45) is -1.56. The summed E-state index contributed by atoms with van der Waals surface area (Å²) in [6, 6.07) is 5.26. The molecule has 2 rings (SSSR count). The summed E-state index contributed by atoms with van der Waals surface area (Å²) in [7, 11) is 1.48. The van der Waals surface area contributed by atoms with Crippen molar-refractivity contribution in [1.82, 2.24) is 9.78 Å². The molecule has 2 aromatic rings. The number of alkyl halides is 2. The molecule has 1 amide bonds. The Hall–Kier alpha value is -1.95. The fraction of sp³-hybridized carbons (Fsp3) is 0.375. The Morgan fingerprint density at radius 3 is 2.57 bits per heavy atom. The highest BCUT2D eigenvalue weighted by Gasteiger charge is 2.24. The number of carbonyl (C=O) groups excluding carboxylic acids is 1. The van der Waals surface area contributed by atoms with Gasteiger partial charge in [0.15, 0.2) is 0 Å². The Kier molecular flexibility index (Phi) is 4.75. The molecule has 0 saturated carbocycles. The molecule has 23 heavy (non-hydrogen) atoms. The minimum atomic E-state index is -2.83. The minimum Gasteiger partial charge on any atom is -0.321 e. The topological polar surface area (TPSA) is 46.9 Å². The quantitative estimate of drug-likeness (QED) is 0.889. The standard InChI is InChI=1S/C16H18ClF2N3O/c1-16(2,3)10-6-5-7-11(12(10)17)20-15(23)9-8-22(4)21-13(9)14(18)19/h5-8,14H,1-4H3,(H,20,23). The van der Waals surface area contributed by atoms with Crippen LogP contribution in [0.2, 0.25) is 5.02 Å². The van der Waals surface area contributed by atoms with Crippen LogP contribution in [0.5, 0.6) is 0 Å². The first-order valence-electron chi connectivity index (χ1n) is 7.03. The van der Waals surface area contributed by atoms with E-state index in [4.69, 9.17) is 11.6 Å². The van der Waals surface area contributed by atoms with Gasteiger partial charge in [-0.15, -0.1) is 0 Å². The molecular weight excluding hydrogens is 324 g/mol. The number of hydrogen-bond donors (Lipinski definition) is 1. The average Bonchev–Trinajstić information content (AvgIpc) is 2.82. The highest BCUT2D eigenvalue weighted by atomic mass is 35.5. The molecule has 0 aliphatic rings. The molecule has 0 atom stereocenters. The van der Waals surface area contributed by atoms with Crippen molar-refractivity contribution >= 4 is 23.2 Å². The molecule has 0 spiro atoms. The summed E-state index contributed by atoms with van der Waals surface area (Å²) in [5.41, 5.74) is 0.318. The molecule has 1 heterocycles. The second-order valence-corrected chi connectivity index (χ2v) is 6.65. The van der Waals surface area contributed by atoms with Crippen LogP contribution in [0, 0.1) is 0 Å². The number of nitrogens with one attached hydrogen (secondary N) is 1. The van der Waals surface area contributed by atoms with Gasteiger partial charge in [0, 0.05) is 13.2 Å². The van der Waals surface area contributed by atoms with Crippen LogP contribution in [0.1, 0.15) is 48.8 Å². The maximum absolute atomic E-state index is 13.0. The van der Waals surface area contributed by atoms with E-state index in [1.807, 2.05) is 26.8 Å². The Morgan fingerprint density at radius 2 is 2.00 bits per heavy atom. The number of benzene rings is 1. The zero-order chi connectivity index (χ0) is 17.4. The number of aromatic nitrogens is 2. The molecule has 0 fully saturated rings. The molecule has 4 nitrogen and oxygen atoms in total. The van der Waals surface area contributed by atoms with Crippen LogP contribution >= 0.6 is 11.6 Å². The van der Waals surface area contributed by atoms with Gasteiger partial charge in [-0.25, -0.2) is 8.78 Å². The molecule has 0 saturated heterocycles. The average molecular weight is 342 g/mol. The third-order valence-corrected chi connectivity index (χ3v) is 3.77. The van der Waals surface area contributed by atoms with Gasteiger partial charge in [0.05, 0.1) is 16.3 Å². The Labute approximate surface area is 138 Å². The van der Waals surface area contributed by atoms with Crippen molar-refractivity contribution in [3.8, 4) is 0 Å². The van der Waals surface area contributed by atoms with Gasteiger partial charge in [-0.3, -0.25) is 9.48 Å². The van der Waals surface area contributed by atoms with Gasteiger partial charge in [0.1, 0.15) is 5.69 Å². The fourth-order valence-electron chi connectivity index (χ4n) is 2.24. The first-order chi connectivity index (χ1) is 10.6. The van der Waals surface area contributed by atoms with E-state index in [1.54, 1.807) is 12.1 Å². The molecule has 1 N–H and O–H groups in total. The molecule has 1 aromatic heterocycles. The lowest BCUT2D eigenvalue weighted by molar-refractivity contribution is 0.101. The number of halogens is 3. The van der Waals surface area contributed by atoms with Crippen LogP contribution in [0.15, 0.2) is 24.4 Å². The highest BCUT2D eigenvalue weighted by molar-refractivity contribution is 6.34. The minimum absolute atomic E-state index is 0.167. The lowest BCUT2D eigenvalue weighted by atomic mass is 9.87. The maximum atomic E-state index is 13.0. The van der Waals surface area contributed by atoms with Crippen LogP contribution < -0.4 is 5.32 Å². The molecule has 0 bridgehead atoms. The lowest BCUT2D eigenvalue weighted by Gasteiger charge is -2.22. The van der Waals surface area contributed by atoms with E-state index in [2.05, 4.69) is 10.4 Å². The molecule has 0 unspecified atom stereocenters. The van der Waals surface area contributed by atoms with Gasteiger partial charge in [-0.1, -0.05) is 44.5 Å². The first-order valence-corrected chi connectivity index (χ1v) is 7.41. The third-order valence-electron chi connectivity index (χ3n) is 3.36. The SMILES string of the molecule is Cn1cc(C(=O)Nc2cccc(C(C)(C)C)c2Cl)c(C(F)F)n1. The number of amides is 1. The predicted octanol–water partition coefficient (Wildman–Crippen LogP) is 4.56. The first kappa shape index (κ1) is 17.4. The summed E-state index contributed by atoms with van der Waals surface area (Å²) >= 11 is 6.35. The molecule has 0 aliphatic heterocycles. The van der Waals surface area contributed by atoms with E-state index in [1.165, 1.54) is 17.9 Å². The number of rotatable bonds is 3. The van der Waals surface area contributed by atoms with Gasteiger partial charge in [0.2, 0.25) is 0 Å². The van der Waals surface area contributed by atoms with E-state index >= 15 is 0 Å². The van der Waals surface area contributed by atoms with Crippen molar-refractivity contribution in [2.24, 2.45) is 7.05 Å². The van der Waals surface area contributed by atoms with Crippen LogP contribution in [0.4, 0.5) is 14.5 Å². The van der Waals surface area contributed by atoms with E-state index in [0.717, 1.165) is 5.56 Å². The van der Waals surface area contributed by atoms with Crippen molar-refractivity contribution in [3.63, 3.8) is 0 Å². The highest BCUT2D eigenvalue weighted by Crippen LogP contribution is 2.34. The molecule has 1 aromatic carbocycles. The third kappa shape index (κ3) is 3.69. The van der Waals surface area contributed by atoms with E-state index in [9.17, 15) is 13.6 Å². The number of aryl methyl sites for hydroxylation is 1. The zero-order valence-electron chi connectivity index (χ0n) is 13.3. The summed E-state index contributed by atoms with van der Waals surface area (Å²) in [5.74, 6) is -0.665. The molecule has 0 aliphatic carbocycles. The van der Waals surface area contributed by atoms with E-state index in [0.29, 0.717) is 10.7 Å². The molecule has 7 heteroatoms. The molecule has 0 radical (unpaired) electrons. The van der Waals surface area contributed by atoms with E-state index in [-0.39, 0.29) is 11.0 Å². The number of hydrogen-bond acceptors (Lipinski definition) is 2. The zero-order valence-corrected chi connectivity index (χ0v) is 14.1. The molecule has 124 valence electrons. The van der Waals surface area contributed by atoms with Crippen molar-refractivity contribution in [2.75, 3.05) is 5.32 Å². The van der Waals surface area contributed by atoms with Gasteiger partial charge < -0.3 is 5.32 Å². The van der Waals surface area contributed by atoms with Gasteiger partial charge in [0.25, 0.3) is 12.3 Å². The second kappa shape index (κ2) is 6.28. The van der Waals surface area contributed by atoms with Crippen LogP contribution in [-0.4, -0.2) is 15.7 Å². The largest absolute Gasteiger partial charge is 0.321 e. The summed E-state index contributed by atoms with van der Waals surface area (Å²) in [4.78, 5) is 12.3. The number of nitrogens with zero attached hydrogens (tertiary/aromatic N) is 2. The van der Waals surface area contributed by atoms with Crippen LogP contribution in [0.25, 0.3) is 0 Å². The van der Waals surface area contributed by atoms with Crippen LogP contribution in [0.3, 0.4) is 0 Å². The normalized spacial score (nSPS) is 11.8. The Bertz CT molecular complexity index is 735. The lowest BCUT2D eigenvalue weighted by Crippen LogP contribution is -2.16. The van der Waals surface area contributed by atoms with Crippen molar-refractivity contribution in [3.05, 3.63) is 46.2 Å². The summed E-state index contributed by atoms with van der Waals surface area (Å²) < 4.78 is 27.1.